The maximum Gasteiger partial charge on any atom is 0.339 e. The van der Waals surface area contributed by atoms with Crippen LogP contribution in [0.15, 0.2) is 63.5 Å². The van der Waals surface area contributed by atoms with E-state index in [0.29, 0.717) is 45.0 Å². The second-order valence-corrected chi connectivity index (χ2v) is 9.91. The Morgan fingerprint density at radius 1 is 1.15 bits per heavy atom. The standard InChI is InChI=1S/C24H18BrCl2N3O4/c1-34-22(32)20-21(28)30(12-6-7-14(26)15(27)10-12)17-3-2-4-18(31)19(17)24(20)13-9-11(25)5-8-16(13)29-23(24)33/h5-10H,2-4,28H2,1H3,(H,29,33). The van der Waals surface area contributed by atoms with Crippen LogP contribution in [0.3, 0.4) is 0 Å². The molecule has 1 atom stereocenters. The van der Waals surface area contributed by atoms with Crippen LogP contribution in [0, 0.1) is 0 Å². The van der Waals surface area contributed by atoms with E-state index in [1.54, 1.807) is 41.3 Å². The number of fused-ring (bicyclic) bond motifs is 3. The van der Waals surface area contributed by atoms with Crippen LogP contribution in [0.25, 0.3) is 0 Å². The summed E-state index contributed by atoms with van der Waals surface area (Å²) in [6.45, 7) is 0. The third kappa shape index (κ3) is 3.05. The molecule has 1 unspecified atom stereocenters. The van der Waals surface area contributed by atoms with Gasteiger partial charge in [-0.3, -0.25) is 14.5 Å². The van der Waals surface area contributed by atoms with Gasteiger partial charge in [0, 0.05) is 39.1 Å². The normalized spacial score (nSPS) is 21.6. The lowest BCUT2D eigenvalue weighted by atomic mass is 9.63. The number of amides is 1. The maximum absolute atomic E-state index is 13.8. The van der Waals surface area contributed by atoms with Crippen LogP contribution in [0.4, 0.5) is 11.4 Å². The largest absolute Gasteiger partial charge is 0.466 e. The number of hydrogen-bond donors (Lipinski definition) is 2. The smallest absolute Gasteiger partial charge is 0.339 e. The summed E-state index contributed by atoms with van der Waals surface area (Å²) in [5.74, 6) is -1.58. The topological polar surface area (TPSA) is 102 Å². The molecule has 0 saturated heterocycles. The van der Waals surface area contributed by atoms with Gasteiger partial charge in [0.2, 0.25) is 5.91 Å². The highest BCUT2D eigenvalue weighted by Crippen LogP contribution is 2.56. The van der Waals surface area contributed by atoms with E-state index < -0.39 is 17.3 Å². The molecule has 34 heavy (non-hydrogen) atoms. The highest BCUT2D eigenvalue weighted by molar-refractivity contribution is 9.10. The van der Waals surface area contributed by atoms with Gasteiger partial charge in [-0.1, -0.05) is 39.1 Å². The Morgan fingerprint density at radius 3 is 2.62 bits per heavy atom. The SMILES string of the molecule is COC(=O)C1=C(N)N(c2ccc(Cl)c(Cl)c2)C2=C(C(=O)CCC2)C12C(=O)Nc1ccc(Br)cc12. The molecule has 10 heteroatoms. The molecule has 1 amide bonds. The number of carbonyl (C=O) groups is 3. The molecule has 5 rings (SSSR count). The van der Waals surface area contributed by atoms with Crippen molar-refractivity contribution in [1.82, 2.24) is 0 Å². The Morgan fingerprint density at radius 2 is 1.91 bits per heavy atom. The highest BCUT2D eigenvalue weighted by atomic mass is 79.9. The summed E-state index contributed by atoms with van der Waals surface area (Å²) >= 11 is 15.8. The van der Waals surface area contributed by atoms with Crippen LogP contribution in [-0.4, -0.2) is 24.8 Å². The van der Waals surface area contributed by atoms with Gasteiger partial charge in [-0.05, 0) is 49.2 Å². The number of anilines is 2. The van der Waals surface area contributed by atoms with Gasteiger partial charge in [0.05, 0.1) is 17.2 Å². The number of nitrogens with one attached hydrogen (secondary N) is 1. The Bertz CT molecular complexity index is 1370. The van der Waals surface area contributed by atoms with E-state index in [9.17, 15) is 14.4 Å². The van der Waals surface area contributed by atoms with Crippen molar-refractivity contribution in [2.24, 2.45) is 5.73 Å². The summed E-state index contributed by atoms with van der Waals surface area (Å²) in [6.07, 6.45) is 1.27. The van der Waals surface area contributed by atoms with Crippen LogP contribution in [0.1, 0.15) is 24.8 Å². The number of methoxy groups -OCH3 is 1. The molecule has 0 bridgehead atoms. The molecule has 1 spiro atoms. The maximum atomic E-state index is 13.8. The van der Waals surface area contributed by atoms with Crippen LogP contribution in [0.2, 0.25) is 10.0 Å². The number of ketones is 1. The monoisotopic (exact) mass is 561 g/mol. The molecule has 1 aliphatic carbocycles. The van der Waals surface area contributed by atoms with E-state index in [-0.39, 0.29) is 34.2 Å². The number of Topliss-reactive ketones (excluding diaryl/α,β-unsaturated/α-hetero) is 1. The summed E-state index contributed by atoms with van der Waals surface area (Å²) in [6, 6.07) is 10.1. The van der Waals surface area contributed by atoms with Gasteiger partial charge in [-0.25, -0.2) is 4.79 Å². The van der Waals surface area contributed by atoms with E-state index >= 15 is 0 Å². The molecule has 7 nitrogen and oxygen atoms in total. The quantitative estimate of drug-likeness (QED) is 0.509. The fraction of sp³-hybridized carbons (Fsp3) is 0.208. The van der Waals surface area contributed by atoms with E-state index in [0.717, 1.165) is 0 Å². The first-order chi connectivity index (χ1) is 16.2. The third-order valence-electron chi connectivity index (χ3n) is 6.43. The molecule has 2 heterocycles. The van der Waals surface area contributed by atoms with E-state index in [1.807, 2.05) is 0 Å². The molecule has 3 N–H and O–H groups in total. The van der Waals surface area contributed by atoms with Crippen molar-refractivity contribution >= 4 is 68.2 Å². The van der Waals surface area contributed by atoms with Gasteiger partial charge in [-0.2, -0.15) is 0 Å². The minimum Gasteiger partial charge on any atom is -0.466 e. The highest BCUT2D eigenvalue weighted by Gasteiger charge is 2.62. The molecule has 174 valence electrons. The number of carbonyl (C=O) groups excluding carboxylic acids is 3. The van der Waals surface area contributed by atoms with Crippen LogP contribution >= 0.6 is 39.1 Å². The zero-order valence-electron chi connectivity index (χ0n) is 17.9. The van der Waals surface area contributed by atoms with Gasteiger partial charge in [0.1, 0.15) is 16.8 Å². The first-order valence-electron chi connectivity index (χ1n) is 10.4. The molecule has 2 aliphatic heterocycles. The van der Waals surface area contributed by atoms with Gasteiger partial charge >= 0.3 is 5.97 Å². The number of nitrogens with two attached hydrogens (primary N) is 1. The van der Waals surface area contributed by atoms with Crippen molar-refractivity contribution in [1.29, 1.82) is 0 Å². The van der Waals surface area contributed by atoms with E-state index in [4.69, 9.17) is 33.7 Å². The lowest BCUT2D eigenvalue weighted by molar-refractivity contribution is -0.138. The molecular formula is C24H18BrCl2N3O4. The molecule has 0 radical (unpaired) electrons. The minimum absolute atomic E-state index is 0.0123. The average Bonchev–Trinajstić information content (AvgIpc) is 3.07. The van der Waals surface area contributed by atoms with Gasteiger partial charge in [0.25, 0.3) is 0 Å². The molecule has 2 aromatic carbocycles. The average molecular weight is 563 g/mol. The summed E-state index contributed by atoms with van der Waals surface area (Å²) < 4.78 is 5.79. The number of halogens is 3. The minimum atomic E-state index is -1.74. The summed E-state index contributed by atoms with van der Waals surface area (Å²) in [7, 11) is 1.21. The Hall–Kier alpha value is -2.81. The third-order valence-corrected chi connectivity index (χ3v) is 7.66. The fourth-order valence-electron chi connectivity index (χ4n) is 5.10. The molecule has 2 aromatic rings. The summed E-state index contributed by atoms with van der Waals surface area (Å²) in [4.78, 5) is 42.2. The molecule has 0 fully saturated rings. The molecular weight excluding hydrogens is 545 g/mol. The van der Waals surface area contributed by atoms with Crippen LogP contribution < -0.4 is 16.0 Å². The predicted molar refractivity (Wildman–Crippen MR) is 133 cm³/mol. The Labute approximate surface area is 213 Å². The summed E-state index contributed by atoms with van der Waals surface area (Å²) in [5, 5.41) is 3.47. The van der Waals surface area contributed by atoms with Gasteiger partial charge in [-0.15, -0.1) is 0 Å². The second kappa shape index (κ2) is 8.15. The Kier molecular flexibility index (Phi) is 5.50. The fourth-order valence-corrected chi connectivity index (χ4v) is 5.75. The number of rotatable bonds is 2. The lowest BCUT2D eigenvalue weighted by Crippen LogP contribution is -2.53. The Balaban J connectivity index is 1.91. The number of hydrogen-bond acceptors (Lipinski definition) is 6. The van der Waals surface area contributed by atoms with Crippen LogP contribution in [-0.2, 0) is 24.5 Å². The van der Waals surface area contributed by atoms with E-state index in [1.165, 1.54) is 7.11 Å². The number of benzene rings is 2. The molecule has 0 saturated carbocycles. The number of nitrogens with zero attached hydrogens (tertiary/aromatic N) is 1. The van der Waals surface area contributed by atoms with Crippen molar-refractivity contribution in [2.45, 2.75) is 24.7 Å². The first kappa shape index (κ1) is 23.0. The number of esters is 1. The number of ether oxygens (including phenoxy) is 1. The summed E-state index contributed by atoms with van der Waals surface area (Å²) in [5.41, 5.74) is 7.05. The second-order valence-electron chi connectivity index (χ2n) is 8.18. The molecule has 3 aliphatic rings. The van der Waals surface area contributed by atoms with Gasteiger partial charge < -0.3 is 15.8 Å². The lowest BCUT2D eigenvalue weighted by Gasteiger charge is -2.44. The van der Waals surface area contributed by atoms with E-state index in [2.05, 4.69) is 21.2 Å². The van der Waals surface area contributed by atoms with Crippen molar-refractivity contribution in [3.63, 3.8) is 0 Å². The molecule has 0 aromatic heterocycles. The zero-order chi connectivity index (χ0) is 24.4. The predicted octanol–water partition coefficient (Wildman–Crippen LogP) is 4.82. The van der Waals surface area contributed by atoms with Crippen molar-refractivity contribution in [3.05, 3.63) is 79.1 Å². The van der Waals surface area contributed by atoms with Crippen LogP contribution in [0.5, 0.6) is 0 Å². The van der Waals surface area contributed by atoms with Crippen molar-refractivity contribution < 1.29 is 19.1 Å². The van der Waals surface area contributed by atoms with Crippen molar-refractivity contribution in [3.8, 4) is 0 Å². The number of allylic oxidation sites excluding steroid dienone is 1. The zero-order valence-corrected chi connectivity index (χ0v) is 21.0. The first-order valence-corrected chi connectivity index (χ1v) is 12.0. The van der Waals surface area contributed by atoms with Gasteiger partial charge in [0.15, 0.2) is 5.78 Å². The van der Waals surface area contributed by atoms with Crippen molar-refractivity contribution in [2.75, 3.05) is 17.3 Å².